The van der Waals surface area contributed by atoms with Crippen molar-refractivity contribution in [2.24, 2.45) is 13.0 Å². The summed E-state index contributed by atoms with van der Waals surface area (Å²) in [6, 6.07) is 0. The van der Waals surface area contributed by atoms with Crippen LogP contribution in [0.25, 0.3) is 0 Å². The number of hydrogen-bond acceptors (Lipinski definition) is 3. The number of aromatic nitrogens is 2. The van der Waals surface area contributed by atoms with Gasteiger partial charge >= 0.3 is 0 Å². The molecule has 1 saturated heterocycles. The van der Waals surface area contributed by atoms with Gasteiger partial charge in [0.1, 0.15) is 0 Å². The van der Waals surface area contributed by atoms with Gasteiger partial charge in [-0.2, -0.15) is 5.10 Å². The number of hydrogen-bond donors (Lipinski definition) is 1. The van der Waals surface area contributed by atoms with Crippen molar-refractivity contribution in [3.05, 3.63) is 17.5 Å². The standard InChI is InChI=1S/C17H32N4/c1-14(2)17-16(13-20(4)19-17)12-18-8-5-9-21-10-6-15(3)7-11-21/h13-15,18H,5-12H2,1-4H3. The Morgan fingerprint density at radius 1 is 1.33 bits per heavy atom. The minimum absolute atomic E-state index is 0.498. The van der Waals surface area contributed by atoms with Gasteiger partial charge in [0.2, 0.25) is 0 Å². The number of likely N-dealkylation sites (tertiary alicyclic amines) is 1. The summed E-state index contributed by atoms with van der Waals surface area (Å²) in [6.45, 7) is 12.7. The second-order valence-corrected chi connectivity index (χ2v) is 6.92. The fourth-order valence-electron chi connectivity index (χ4n) is 3.11. The zero-order chi connectivity index (χ0) is 15.2. The summed E-state index contributed by atoms with van der Waals surface area (Å²) in [5.74, 6) is 1.43. The Morgan fingerprint density at radius 3 is 2.71 bits per heavy atom. The van der Waals surface area contributed by atoms with Gasteiger partial charge in [0.15, 0.2) is 0 Å². The molecule has 0 spiro atoms. The van der Waals surface area contributed by atoms with E-state index in [9.17, 15) is 0 Å². The molecule has 0 amide bonds. The zero-order valence-electron chi connectivity index (χ0n) is 14.2. The van der Waals surface area contributed by atoms with Gasteiger partial charge in [-0.25, -0.2) is 0 Å². The van der Waals surface area contributed by atoms with Gasteiger partial charge in [-0.15, -0.1) is 0 Å². The van der Waals surface area contributed by atoms with Gasteiger partial charge in [0, 0.05) is 25.4 Å². The highest BCUT2D eigenvalue weighted by molar-refractivity contribution is 5.19. The number of piperidine rings is 1. The van der Waals surface area contributed by atoms with Crippen LogP contribution in [0.5, 0.6) is 0 Å². The van der Waals surface area contributed by atoms with E-state index in [1.54, 1.807) is 0 Å². The molecule has 0 unspecified atom stereocenters. The molecule has 2 heterocycles. The van der Waals surface area contributed by atoms with Crippen LogP contribution in [0, 0.1) is 5.92 Å². The molecule has 0 aromatic carbocycles. The van der Waals surface area contributed by atoms with Crippen LogP contribution in [0.1, 0.15) is 57.2 Å². The second-order valence-electron chi connectivity index (χ2n) is 6.92. The van der Waals surface area contributed by atoms with Gasteiger partial charge in [0.05, 0.1) is 5.69 Å². The van der Waals surface area contributed by atoms with Crippen molar-refractivity contribution in [2.75, 3.05) is 26.2 Å². The molecular weight excluding hydrogens is 260 g/mol. The predicted molar refractivity (Wildman–Crippen MR) is 88.5 cm³/mol. The lowest BCUT2D eigenvalue weighted by Crippen LogP contribution is -2.34. The van der Waals surface area contributed by atoms with Crippen molar-refractivity contribution >= 4 is 0 Å². The van der Waals surface area contributed by atoms with E-state index in [0.717, 1.165) is 19.0 Å². The lowest BCUT2D eigenvalue weighted by molar-refractivity contribution is 0.190. The molecule has 0 atom stereocenters. The van der Waals surface area contributed by atoms with Crippen molar-refractivity contribution in [1.82, 2.24) is 20.0 Å². The van der Waals surface area contributed by atoms with Crippen LogP contribution in [-0.4, -0.2) is 40.9 Å². The third-order valence-corrected chi connectivity index (χ3v) is 4.50. The maximum atomic E-state index is 4.56. The SMILES string of the molecule is CC1CCN(CCCNCc2cn(C)nc2C(C)C)CC1. The molecule has 120 valence electrons. The first-order valence-electron chi connectivity index (χ1n) is 8.51. The molecular formula is C17H32N4. The van der Waals surface area contributed by atoms with E-state index in [1.807, 2.05) is 11.7 Å². The summed E-state index contributed by atoms with van der Waals surface area (Å²) < 4.78 is 1.93. The van der Waals surface area contributed by atoms with Gasteiger partial charge < -0.3 is 10.2 Å². The van der Waals surface area contributed by atoms with E-state index >= 15 is 0 Å². The molecule has 1 aliphatic heterocycles. The fraction of sp³-hybridized carbons (Fsp3) is 0.824. The van der Waals surface area contributed by atoms with Gasteiger partial charge in [0.25, 0.3) is 0 Å². The number of nitrogens with one attached hydrogen (secondary N) is 1. The third kappa shape index (κ3) is 5.11. The van der Waals surface area contributed by atoms with Crippen molar-refractivity contribution < 1.29 is 0 Å². The molecule has 0 saturated carbocycles. The highest BCUT2D eigenvalue weighted by Crippen LogP contribution is 2.17. The molecule has 1 N–H and O–H groups in total. The predicted octanol–water partition coefficient (Wildman–Crippen LogP) is 2.76. The normalized spacial score (nSPS) is 17.8. The topological polar surface area (TPSA) is 33.1 Å². The van der Waals surface area contributed by atoms with E-state index in [1.165, 1.54) is 50.2 Å². The Morgan fingerprint density at radius 2 is 2.05 bits per heavy atom. The summed E-state index contributed by atoms with van der Waals surface area (Å²) in [4.78, 5) is 2.62. The average molecular weight is 292 g/mol. The summed E-state index contributed by atoms with van der Waals surface area (Å²) in [5.41, 5.74) is 2.58. The molecule has 21 heavy (non-hydrogen) atoms. The van der Waals surface area contributed by atoms with Gasteiger partial charge in [-0.1, -0.05) is 20.8 Å². The lowest BCUT2D eigenvalue weighted by Gasteiger charge is -2.30. The minimum atomic E-state index is 0.498. The Bertz CT molecular complexity index is 416. The number of nitrogens with zero attached hydrogens (tertiary/aromatic N) is 3. The maximum absolute atomic E-state index is 4.56. The summed E-state index contributed by atoms with van der Waals surface area (Å²) >= 11 is 0. The molecule has 1 aromatic rings. The first-order valence-corrected chi connectivity index (χ1v) is 8.51. The Kier molecular flexibility index (Phi) is 6.24. The smallest absolute Gasteiger partial charge is 0.0694 e. The van der Waals surface area contributed by atoms with E-state index < -0.39 is 0 Å². The van der Waals surface area contributed by atoms with Crippen LogP contribution >= 0.6 is 0 Å². The number of aryl methyl sites for hydroxylation is 1. The maximum Gasteiger partial charge on any atom is 0.0694 e. The average Bonchev–Trinajstić information content (AvgIpc) is 2.82. The summed E-state index contributed by atoms with van der Waals surface area (Å²) in [7, 11) is 2.01. The lowest BCUT2D eigenvalue weighted by atomic mass is 9.99. The van der Waals surface area contributed by atoms with Crippen LogP contribution in [0.3, 0.4) is 0 Å². The van der Waals surface area contributed by atoms with Crippen molar-refractivity contribution in [2.45, 2.75) is 52.5 Å². The molecule has 4 heteroatoms. The van der Waals surface area contributed by atoms with Crippen LogP contribution in [0.4, 0.5) is 0 Å². The van der Waals surface area contributed by atoms with Crippen LogP contribution < -0.4 is 5.32 Å². The van der Waals surface area contributed by atoms with E-state index in [0.29, 0.717) is 5.92 Å². The largest absolute Gasteiger partial charge is 0.312 e. The highest BCUT2D eigenvalue weighted by atomic mass is 15.3. The molecule has 1 aliphatic rings. The molecule has 4 nitrogen and oxygen atoms in total. The van der Waals surface area contributed by atoms with Crippen molar-refractivity contribution in [3.63, 3.8) is 0 Å². The monoisotopic (exact) mass is 292 g/mol. The Balaban J connectivity index is 1.64. The first-order chi connectivity index (χ1) is 10.1. The minimum Gasteiger partial charge on any atom is -0.312 e. The van der Waals surface area contributed by atoms with E-state index in [-0.39, 0.29) is 0 Å². The highest BCUT2D eigenvalue weighted by Gasteiger charge is 2.15. The second kappa shape index (κ2) is 7.95. The molecule has 1 fully saturated rings. The van der Waals surface area contributed by atoms with E-state index in [2.05, 4.69) is 42.3 Å². The third-order valence-electron chi connectivity index (χ3n) is 4.50. The van der Waals surface area contributed by atoms with Crippen molar-refractivity contribution in [3.8, 4) is 0 Å². The quantitative estimate of drug-likeness (QED) is 0.785. The Hall–Kier alpha value is -0.870. The van der Waals surface area contributed by atoms with Crippen LogP contribution in [0.15, 0.2) is 6.20 Å². The molecule has 1 aromatic heterocycles. The first kappa shape index (κ1) is 16.5. The molecule has 2 rings (SSSR count). The molecule has 0 bridgehead atoms. The van der Waals surface area contributed by atoms with Crippen LogP contribution in [0.2, 0.25) is 0 Å². The van der Waals surface area contributed by atoms with E-state index in [4.69, 9.17) is 0 Å². The summed E-state index contributed by atoms with van der Waals surface area (Å²) in [5, 5.41) is 8.14. The van der Waals surface area contributed by atoms with Gasteiger partial charge in [-0.05, 0) is 57.3 Å². The number of rotatable bonds is 7. The molecule has 0 radical (unpaired) electrons. The molecule has 0 aliphatic carbocycles. The van der Waals surface area contributed by atoms with Crippen LogP contribution in [-0.2, 0) is 13.6 Å². The zero-order valence-corrected chi connectivity index (χ0v) is 14.2. The fourth-order valence-corrected chi connectivity index (χ4v) is 3.11. The summed E-state index contributed by atoms with van der Waals surface area (Å²) in [6.07, 6.45) is 6.14. The Labute approximate surface area is 129 Å². The van der Waals surface area contributed by atoms with Crippen molar-refractivity contribution in [1.29, 1.82) is 0 Å². The van der Waals surface area contributed by atoms with Gasteiger partial charge in [-0.3, -0.25) is 4.68 Å².